The highest BCUT2D eigenvalue weighted by atomic mass is 16.5. The largest absolute Gasteiger partial charge is 0.491 e. The molecule has 0 aliphatic heterocycles. The van der Waals surface area contributed by atoms with Gasteiger partial charge in [-0.2, -0.15) is 0 Å². The maximum absolute atomic E-state index is 10.1. The fourth-order valence-corrected chi connectivity index (χ4v) is 2.11. The van der Waals surface area contributed by atoms with Gasteiger partial charge in [-0.05, 0) is 48.9 Å². The Balaban J connectivity index is 2.04. The van der Waals surface area contributed by atoms with Gasteiger partial charge in [0.25, 0.3) is 0 Å². The Morgan fingerprint density at radius 2 is 2.22 bits per heavy atom. The van der Waals surface area contributed by atoms with Crippen LogP contribution < -0.4 is 10.5 Å². The summed E-state index contributed by atoms with van der Waals surface area (Å²) in [7, 11) is 0. The van der Waals surface area contributed by atoms with Crippen molar-refractivity contribution in [2.75, 3.05) is 6.61 Å². The van der Waals surface area contributed by atoms with Crippen LogP contribution in [-0.2, 0) is 6.42 Å². The minimum atomic E-state index is -0.796. The van der Waals surface area contributed by atoms with Crippen LogP contribution in [0.5, 0.6) is 5.75 Å². The first-order valence-corrected chi connectivity index (χ1v) is 6.64. The van der Waals surface area contributed by atoms with E-state index in [4.69, 9.17) is 10.5 Å². The van der Waals surface area contributed by atoms with E-state index >= 15 is 0 Å². The van der Waals surface area contributed by atoms with Crippen molar-refractivity contribution in [2.45, 2.75) is 45.3 Å². The minimum Gasteiger partial charge on any atom is -0.491 e. The average molecular weight is 249 g/mol. The molecule has 0 saturated carbocycles. The van der Waals surface area contributed by atoms with E-state index in [1.165, 1.54) is 11.1 Å². The summed E-state index contributed by atoms with van der Waals surface area (Å²) in [4.78, 5) is 0. The lowest BCUT2D eigenvalue weighted by atomic mass is 9.94. The van der Waals surface area contributed by atoms with Crippen LogP contribution in [0.2, 0.25) is 0 Å². The van der Waals surface area contributed by atoms with Gasteiger partial charge in [-0.25, -0.2) is 0 Å². The van der Waals surface area contributed by atoms with E-state index in [1.54, 1.807) is 6.92 Å². The third-order valence-electron chi connectivity index (χ3n) is 4.01. The van der Waals surface area contributed by atoms with Gasteiger partial charge in [-0.3, -0.25) is 0 Å². The fourth-order valence-electron chi connectivity index (χ4n) is 2.11. The molecule has 2 atom stereocenters. The molecule has 0 amide bonds. The molecule has 0 fully saturated rings. The molecule has 1 aromatic carbocycles. The summed E-state index contributed by atoms with van der Waals surface area (Å²) >= 11 is 0. The number of aliphatic hydroxyl groups is 1. The second kappa shape index (κ2) is 4.90. The first-order chi connectivity index (χ1) is 8.40. The predicted octanol–water partition coefficient (Wildman–Crippen LogP) is 2.42. The number of aryl methyl sites for hydroxylation is 1. The first kappa shape index (κ1) is 13.4. The molecule has 2 rings (SSSR count). The van der Waals surface area contributed by atoms with Gasteiger partial charge >= 0.3 is 0 Å². The number of nitrogens with two attached hydrogens (primary N) is 1. The van der Waals surface area contributed by atoms with E-state index in [9.17, 15) is 5.11 Å². The third kappa shape index (κ3) is 2.68. The highest BCUT2D eigenvalue weighted by Gasteiger charge is 2.26. The van der Waals surface area contributed by atoms with Crippen LogP contribution in [0.3, 0.4) is 0 Å². The van der Waals surface area contributed by atoms with Crippen LogP contribution in [0.4, 0.5) is 0 Å². The summed E-state index contributed by atoms with van der Waals surface area (Å²) in [6.45, 7) is 6.10. The molecule has 0 radical (unpaired) electrons. The molecular weight excluding hydrogens is 226 g/mol. The van der Waals surface area contributed by atoms with Crippen molar-refractivity contribution >= 4 is 0 Å². The molecule has 3 heteroatoms. The Hall–Kier alpha value is -1.06. The Morgan fingerprint density at radius 3 is 2.89 bits per heavy atom. The lowest BCUT2D eigenvalue weighted by Gasteiger charge is -2.27. The SMILES string of the molecule is CC(C)C(C)(O)COc1ccc2c(c1)CCC2N. The van der Waals surface area contributed by atoms with Gasteiger partial charge in [0.1, 0.15) is 12.4 Å². The van der Waals surface area contributed by atoms with Crippen molar-refractivity contribution in [2.24, 2.45) is 11.7 Å². The van der Waals surface area contributed by atoms with Gasteiger partial charge in [0.2, 0.25) is 0 Å². The molecule has 100 valence electrons. The van der Waals surface area contributed by atoms with Gasteiger partial charge in [0.15, 0.2) is 0 Å². The maximum atomic E-state index is 10.1. The molecular formula is C15H23NO2. The molecule has 2 unspecified atom stereocenters. The zero-order chi connectivity index (χ0) is 13.3. The highest BCUT2D eigenvalue weighted by molar-refractivity contribution is 5.40. The smallest absolute Gasteiger partial charge is 0.119 e. The average Bonchev–Trinajstić information content (AvgIpc) is 2.68. The minimum absolute atomic E-state index is 0.167. The van der Waals surface area contributed by atoms with E-state index in [1.807, 2.05) is 26.0 Å². The van der Waals surface area contributed by atoms with Gasteiger partial charge < -0.3 is 15.6 Å². The van der Waals surface area contributed by atoms with Crippen LogP contribution in [0.25, 0.3) is 0 Å². The topological polar surface area (TPSA) is 55.5 Å². The maximum Gasteiger partial charge on any atom is 0.119 e. The van der Waals surface area contributed by atoms with Crippen molar-refractivity contribution in [1.29, 1.82) is 0 Å². The van der Waals surface area contributed by atoms with Crippen LogP contribution in [0, 0.1) is 5.92 Å². The van der Waals surface area contributed by atoms with Crippen molar-refractivity contribution in [3.8, 4) is 5.75 Å². The van der Waals surface area contributed by atoms with E-state index in [0.29, 0.717) is 6.61 Å². The molecule has 0 aromatic heterocycles. The molecule has 1 aromatic rings. The van der Waals surface area contributed by atoms with E-state index in [-0.39, 0.29) is 12.0 Å². The Bertz CT molecular complexity index is 427. The quantitative estimate of drug-likeness (QED) is 0.861. The number of hydrogen-bond acceptors (Lipinski definition) is 3. The van der Waals surface area contributed by atoms with Crippen molar-refractivity contribution < 1.29 is 9.84 Å². The molecule has 0 spiro atoms. The fraction of sp³-hybridized carbons (Fsp3) is 0.600. The molecule has 1 aliphatic carbocycles. The van der Waals surface area contributed by atoms with Gasteiger partial charge in [-0.1, -0.05) is 19.9 Å². The van der Waals surface area contributed by atoms with E-state index < -0.39 is 5.60 Å². The Labute approximate surface area is 109 Å². The molecule has 0 saturated heterocycles. The lowest BCUT2D eigenvalue weighted by Crippen LogP contribution is -2.37. The molecule has 3 nitrogen and oxygen atoms in total. The third-order valence-corrected chi connectivity index (χ3v) is 4.01. The lowest BCUT2D eigenvalue weighted by molar-refractivity contribution is -0.0266. The normalized spacial score (nSPS) is 21.8. The van der Waals surface area contributed by atoms with Crippen molar-refractivity contribution in [1.82, 2.24) is 0 Å². The van der Waals surface area contributed by atoms with Crippen LogP contribution in [-0.4, -0.2) is 17.3 Å². The second-order valence-electron chi connectivity index (χ2n) is 5.81. The number of ether oxygens (including phenoxy) is 1. The number of fused-ring (bicyclic) bond motifs is 1. The van der Waals surface area contributed by atoms with E-state index in [2.05, 4.69) is 6.07 Å². The molecule has 0 bridgehead atoms. The monoisotopic (exact) mass is 249 g/mol. The molecule has 3 N–H and O–H groups in total. The first-order valence-electron chi connectivity index (χ1n) is 6.64. The van der Waals surface area contributed by atoms with Crippen molar-refractivity contribution in [3.05, 3.63) is 29.3 Å². The molecule has 1 aliphatic rings. The summed E-state index contributed by atoms with van der Waals surface area (Å²) in [6.07, 6.45) is 2.04. The van der Waals surface area contributed by atoms with Crippen LogP contribution in [0.1, 0.15) is 44.4 Å². The van der Waals surface area contributed by atoms with Gasteiger partial charge in [0, 0.05) is 6.04 Å². The number of rotatable bonds is 4. The highest BCUT2D eigenvalue weighted by Crippen LogP contribution is 2.32. The Kier molecular flexibility index (Phi) is 3.64. The predicted molar refractivity (Wildman–Crippen MR) is 72.6 cm³/mol. The van der Waals surface area contributed by atoms with Gasteiger partial charge in [0.05, 0.1) is 5.60 Å². The molecule has 0 heterocycles. The van der Waals surface area contributed by atoms with Crippen LogP contribution >= 0.6 is 0 Å². The summed E-state index contributed by atoms with van der Waals surface area (Å²) in [5, 5.41) is 10.1. The standard InChI is InChI=1S/C15H23NO2/c1-10(2)15(3,17)9-18-12-5-6-13-11(8-12)4-7-14(13)16/h5-6,8,10,14,17H,4,7,9,16H2,1-3H3. The number of hydrogen-bond donors (Lipinski definition) is 2. The second-order valence-corrected chi connectivity index (χ2v) is 5.81. The zero-order valence-corrected chi connectivity index (χ0v) is 11.4. The van der Waals surface area contributed by atoms with Crippen molar-refractivity contribution in [3.63, 3.8) is 0 Å². The van der Waals surface area contributed by atoms with Crippen LogP contribution in [0.15, 0.2) is 18.2 Å². The summed E-state index contributed by atoms with van der Waals surface area (Å²) in [6, 6.07) is 6.22. The summed E-state index contributed by atoms with van der Waals surface area (Å²) < 4.78 is 5.70. The zero-order valence-electron chi connectivity index (χ0n) is 11.4. The molecule has 18 heavy (non-hydrogen) atoms. The Morgan fingerprint density at radius 1 is 1.50 bits per heavy atom. The summed E-state index contributed by atoms with van der Waals surface area (Å²) in [5.74, 6) is 0.990. The summed E-state index contributed by atoms with van der Waals surface area (Å²) in [5.41, 5.74) is 7.72. The van der Waals surface area contributed by atoms with Gasteiger partial charge in [-0.15, -0.1) is 0 Å². The van der Waals surface area contributed by atoms with E-state index in [0.717, 1.165) is 18.6 Å². The number of benzene rings is 1.